The van der Waals surface area contributed by atoms with E-state index >= 15 is 0 Å². The number of benzene rings is 2. The largest absolute Gasteiger partial charge is 0.435 e. The first-order valence-electron chi connectivity index (χ1n) is 10.4. The maximum absolute atomic E-state index is 12.5. The van der Waals surface area contributed by atoms with Crippen LogP contribution >= 0.6 is 0 Å². The van der Waals surface area contributed by atoms with Crippen LogP contribution in [0, 0.1) is 20.4 Å². The van der Waals surface area contributed by atoms with Crippen molar-refractivity contribution in [1.29, 1.82) is 0 Å². The van der Waals surface area contributed by atoms with Crippen LogP contribution in [-0.2, 0) is 18.9 Å². The lowest BCUT2D eigenvalue weighted by Crippen LogP contribution is -2.07. The molecular weight excluding hydrogens is 498 g/mol. The summed E-state index contributed by atoms with van der Waals surface area (Å²) in [4.78, 5) is 3.21. The van der Waals surface area contributed by atoms with E-state index in [0.717, 1.165) is 17.7 Å². The normalized spacial score (nSPS) is 11.2. The van der Waals surface area contributed by atoms with Gasteiger partial charge in [-0.05, 0) is 55.8 Å². The highest BCUT2D eigenvalue weighted by atomic mass is 19.4. The molecule has 2 aromatic carbocycles. The van der Waals surface area contributed by atoms with E-state index in [-0.39, 0.29) is 7.43 Å². The van der Waals surface area contributed by atoms with Crippen LogP contribution in [0.25, 0.3) is 16.2 Å². The third kappa shape index (κ3) is 6.98. The molecule has 0 saturated heterocycles. The lowest BCUT2D eigenvalue weighted by molar-refractivity contribution is -0.142. The van der Waals surface area contributed by atoms with Gasteiger partial charge in [0.05, 0.1) is 17.9 Å². The number of nitrogens with zero attached hydrogens (tertiary/aromatic N) is 5. The van der Waals surface area contributed by atoms with Gasteiger partial charge in [0.1, 0.15) is 0 Å². The number of hydrogen-bond donors (Lipinski definition) is 1. The fourth-order valence-corrected chi connectivity index (χ4v) is 3.19. The Balaban J connectivity index is 0.000000253. The second kappa shape index (κ2) is 11.3. The molecule has 0 atom stereocenters. The number of halogens is 6. The molecule has 4 rings (SSSR count). The second-order valence-corrected chi connectivity index (χ2v) is 7.66. The van der Waals surface area contributed by atoms with Crippen molar-refractivity contribution < 1.29 is 26.3 Å². The van der Waals surface area contributed by atoms with Gasteiger partial charge in [-0.2, -0.15) is 36.5 Å². The van der Waals surface area contributed by atoms with Crippen LogP contribution in [0.15, 0.2) is 60.7 Å². The predicted molar refractivity (Wildman–Crippen MR) is 127 cm³/mol. The van der Waals surface area contributed by atoms with Gasteiger partial charge in [-0.1, -0.05) is 31.7 Å². The molecule has 4 aromatic rings. The Hall–Kier alpha value is -4.11. The van der Waals surface area contributed by atoms with Gasteiger partial charge in [0, 0.05) is 17.9 Å². The average molecular weight is 522 g/mol. The van der Waals surface area contributed by atoms with E-state index in [1.54, 1.807) is 50.2 Å². The smallest absolute Gasteiger partial charge is 0.326 e. The van der Waals surface area contributed by atoms with E-state index in [9.17, 15) is 26.3 Å². The summed E-state index contributed by atoms with van der Waals surface area (Å²) in [5.41, 5.74) is 6.90. The first kappa shape index (κ1) is 29.1. The summed E-state index contributed by atoms with van der Waals surface area (Å²) in [6.07, 6.45) is -8.88. The van der Waals surface area contributed by atoms with Crippen LogP contribution in [0.3, 0.4) is 0 Å². The highest BCUT2D eigenvalue weighted by Crippen LogP contribution is 2.30. The summed E-state index contributed by atoms with van der Waals surface area (Å²) in [6, 6.07) is 15.1. The van der Waals surface area contributed by atoms with Crippen LogP contribution in [0.4, 0.5) is 32.0 Å². The van der Waals surface area contributed by atoms with Crippen LogP contribution in [0.1, 0.15) is 35.8 Å². The Bertz CT molecular complexity index is 1360. The van der Waals surface area contributed by atoms with Crippen molar-refractivity contribution in [3.63, 3.8) is 0 Å². The van der Waals surface area contributed by atoms with Crippen molar-refractivity contribution >= 4 is 5.69 Å². The molecule has 12 heteroatoms. The Morgan fingerprint density at radius 3 is 1.43 bits per heavy atom. The number of aryl methyl sites for hydroxylation is 2. The average Bonchev–Trinajstić information content (AvgIpc) is 3.42. The van der Waals surface area contributed by atoms with E-state index in [4.69, 9.17) is 12.3 Å². The van der Waals surface area contributed by atoms with Gasteiger partial charge in [0.25, 0.3) is 0 Å². The Labute approximate surface area is 209 Å². The molecule has 37 heavy (non-hydrogen) atoms. The van der Waals surface area contributed by atoms with Crippen LogP contribution in [-0.4, -0.2) is 19.6 Å². The molecule has 0 bridgehead atoms. The van der Waals surface area contributed by atoms with Crippen molar-refractivity contribution in [2.75, 3.05) is 0 Å². The van der Waals surface area contributed by atoms with Crippen LogP contribution in [0.2, 0.25) is 0 Å². The third-order valence-corrected chi connectivity index (χ3v) is 5.00. The van der Waals surface area contributed by atoms with Crippen molar-refractivity contribution in [2.45, 2.75) is 40.2 Å². The molecule has 2 heterocycles. The summed E-state index contributed by atoms with van der Waals surface area (Å²) < 4.78 is 77.5. The maximum atomic E-state index is 12.5. The molecule has 0 aliphatic carbocycles. The Kier molecular flexibility index (Phi) is 8.90. The van der Waals surface area contributed by atoms with Gasteiger partial charge in [0.15, 0.2) is 17.1 Å². The zero-order valence-electron chi connectivity index (χ0n) is 19.1. The van der Waals surface area contributed by atoms with Crippen molar-refractivity contribution in [3.8, 4) is 11.4 Å². The zero-order chi connectivity index (χ0) is 26.7. The topological polar surface area (TPSA) is 66.0 Å². The van der Waals surface area contributed by atoms with Gasteiger partial charge in [-0.15, -0.1) is 0 Å². The minimum Gasteiger partial charge on any atom is -0.326 e. The van der Waals surface area contributed by atoms with E-state index in [2.05, 4.69) is 15.0 Å². The Morgan fingerprint density at radius 1 is 0.757 bits per heavy atom. The summed E-state index contributed by atoms with van der Waals surface area (Å²) in [5.74, 6) is 0. The highest BCUT2D eigenvalue weighted by molar-refractivity contribution is 5.49. The van der Waals surface area contributed by atoms with E-state index in [1.165, 1.54) is 21.5 Å². The number of rotatable bonds is 3. The van der Waals surface area contributed by atoms with Crippen molar-refractivity contribution in [1.82, 2.24) is 19.6 Å². The van der Waals surface area contributed by atoms with Gasteiger partial charge < -0.3 is 5.73 Å². The molecule has 2 aromatic heterocycles. The van der Waals surface area contributed by atoms with Gasteiger partial charge in [0.2, 0.25) is 0 Å². The fourth-order valence-electron chi connectivity index (χ4n) is 3.19. The third-order valence-electron chi connectivity index (χ3n) is 5.00. The quantitative estimate of drug-likeness (QED) is 0.232. The van der Waals surface area contributed by atoms with E-state index in [0.29, 0.717) is 35.0 Å². The van der Waals surface area contributed by atoms with E-state index < -0.39 is 23.7 Å². The number of hydrogen-bond acceptors (Lipinski definition) is 3. The summed E-state index contributed by atoms with van der Waals surface area (Å²) in [6.45, 7) is 10.3. The molecule has 2 N–H and O–H groups in total. The molecule has 196 valence electrons. The van der Waals surface area contributed by atoms with E-state index in [1.807, 2.05) is 0 Å². The molecule has 0 unspecified atom stereocenters. The summed E-state index contributed by atoms with van der Waals surface area (Å²) >= 11 is 0. The monoisotopic (exact) mass is 522 g/mol. The first-order valence-corrected chi connectivity index (χ1v) is 10.4. The summed E-state index contributed by atoms with van der Waals surface area (Å²) in [5, 5.41) is 7.09. The number of aromatic nitrogens is 4. The second-order valence-electron chi connectivity index (χ2n) is 7.66. The number of alkyl halides is 6. The molecule has 0 aliphatic heterocycles. The molecule has 0 spiro atoms. The maximum Gasteiger partial charge on any atom is 0.435 e. The molecule has 0 fully saturated rings. The highest BCUT2D eigenvalue weighted by Gasteiger charge is 2.35. The SMILES string of the molecule is C.Cc1cc(C(F)(F)F)nn1-c1ccc(CN)cc1.[C-]#[N+]c1ccc(-n2nc(C(F)(F)F)cc2C)cc1. The molecule has 0 aliphatic rings. The predicted octanol–water partition coefficient (Wildman–Crippen LogP) is 7.04. The summed E-state index contributed by atoms with van der Waals surface area (Å²) in [7, 11) is 0. The molecule has 0 saturated carbocycles. The lowest BCUT2D eigenvalue weighted by atomic mass is 10.2. The minimum atomic E-state index is -4.45. The molecule has 0 amide bonds. The number of nitrogens with two attached hydrogens (primary N) is 1. The Morgan fingerprint density at radius 2 is 1.14 bits per heavy atom. The molecule has 6 nitrogen and oxygen atoms in total. The lowest BCUT2D eigenvalue weighted by Gasteiger charge is -2.05. The standard InChI is InChI=1S/C12H8F3N3.C12H12F3N3.CH4/c1-8-7-11(12(13,14)15)17-18(8)10-5-3-9(16-2)4-6-10;1-8-6-11(12(13,14)15)17-18(8)10-4-2-9(7-16)3-5-10;/h3-7H,1H3;2-6H,7,16H2,1H3;1H4. The van der Waals surface area contributed by atoms with Crippen molar-refractivity contribution in [3.05, 3.63) is 100 Å². The van der Waals surface area contributed by atoms with Gasteiger partial charge in [-0.3, -0.25) is 0 Å². The van der Waals surface area contributed by atoms with Crippen LogP contribution < -0.4 is 5.73 Å². The first-order chi connectivity index (χ1) is 16.8. The fraction of sp³-hybridized carbons (Fsp3) is 0.240. The van der Waals surface area contributed by atoms with Crippen LogP contribution in [0.5, 0.6) is 0 Å². The zero-order valence-corrected chi connectivity index (χ0v) is 19.1. The minimum absolute atomic E-state index is 0. The molecular formula is C25H24F6N6. The van der Waals surface area contributed by atoms with Crippen molar-refractivity contribution in [2.24, 2.45) is 5.73 Å². The van der Waals surface area contributed by atoms with Gasteiger partial charge >= 0.3 is 12.4 Å². The van der Waals surface area contributed by atoms with Gasteiger partial charge in [-0.25, -0.2) is 14.2 Å². The molecule has 0 radical (unpaired) electrons.